The standard InChI is InChI=1S/C12H10F3NO3/c1-7(17)16-10(11(18)19)6-8-4-2-3-5-9(8)12(13,14)15/h2-6H,1H3,(H,16,17)(H,18,19)/p-1/b10-6-. The summed E-state index contributed by atoms with van der Waals surface area (Å²) in [7, 11) is 0. The van der Waals surface area contributed by atoms with E-state index in [1.807, 2.05) is 5.32 Å². The Morgan fingerprint density at radius 3 is 2.32 bits per heavy atom. The van der Waals surface area contributed by atoms with Crippen molar-refractivity contribution in [1.82, 2.24) is 5.32 Å². The maximum atomic E-state index is 12.7. The van der Waals surface area contributed by atoms with E-state index >= 15 is 0 Å². The molecule has 0 aromatic heterocycles. The molecule has 1 aromatic rings. The molecule has 1 rings (SSSR count). The van der Waals surface area contributed by atoms with Gasteiger partial charge < -0.3 is 15.2 Å². The van der Waals surface area contributed by atoms with Crippen molar-refractivity contribution in [2.45, 2.75) is 13.1 Å². The topological polar surface area (TPSA) is 69.2 Å². The van der Waals surface area contributed by atoms with Gasteiger partial charge in [-0.05, 0) is 17.7 Å². The number of halogens is 3. The Labute approximate surface area is 106 Å². The quantitative estimate of drug-likeness (QED) is 0.832. The highest BCUT2D eigenvalue weighted by Crippen LogP contribution is 2.32. The van der Waals surface area contributed by atoms with Crippen LogP contribution in [0.5, 0.6) is 0 Å². The van der Waals surface area contributed by atoms with Gasteiger partial charge in [0.15, 0.2) is 0 Å². The number of amides is 1. The molecule has 102 valence electrons. The number of aliphatic carboxylic acids is 1. The number of rotatable bonds is 3. The summed E-state index contributed by atoms with van der Waals surface area (Å²) in [5, 5.41) is 12.6. The molecular weight excluding hydrogens is 263 g/mol. The zero-order valence-electron chi connectivity index (χ0n) is 9.75. The molecule has 0 spiro atoms. The number of alkyl halides is 3. The fourth-order valence-corrected chi connectivity index (χ4v) is 1.37. The van der Waals surface area contributed by atoms with E-state index in [0.29, 0.717) is 6.08 Å². The normalized spacial score (nSPS) is 12.1. The highest BCUT2D eigenvalue weighted by molar-refractivity contribution is 5.95. The summed E-state index contributed by atoms with van der Waals surface area (Å²) in [6.07, 6.45) is -3.92. The molecule has 4 nitrogen and oxygen atoms in total. The third kappa shape index (κ3) is 4.13. The van der Waals surface area contributed by atoms with Crippen LogP contribution in [0, 0.1) is 0 Å². The first kappa shape index (κ1) is 14.7. The molecule has 7 heteroatoms. The Morgan fingerprint density at radius 2 is 1.84 bits per heavy atom. The molecule has 1 aromatic carbocycles. The van der Waals surface area contributed by atoms with Gasteiger partial charge in [-0.15, -0.1) is 0 Å². The fraction of sp³-hybridized carbons (Fsp3) is 0.167. The molecule has 0 aliphatic rings. The lowest BCUT2D eigenvalue weighted by molar-refractivity contribution is -0.299. The van der Waals surface area contributed by atoms with Crippen LogP contribution in [0.2, 0.25) is 0 Å². The van der Waals surface area contributed by atoms with Crippen molar-refractivity contribution in [3.8, 4) is 0 Å². The first-order valence-corrected chi connectivity index (χ1v) is 5.08. The van der Waals surface area contributed by atoms with Crippen LogP contribution in [-0.4, -0.2) is 11.9 Å². The average Bonchev–Trinajstić information content (AvgIpc) is 2.26. The summed E-state index contributed by atoms with van der Waals surface area (Å²) < 4.78 is 38.0. The van der Waals surface area contributed by atoms with Crippen molar-refractivity contribution in [3.63, 3.8) is 0 Å². The van der Waals surface area contributed by atoms with Crippen molar-refractivity contribution < 1.29 is 27.9 Å². The molecule has 0 bridgehead atoms. The fourth-order valence-electron chi connectivity index (χ4n) is 1.37. The van der Waals surface area contributed by atoms with Gasteiger partial charge >= 0.3 is 6.18 Å². The zero-order chi connectivity index (χ0) is 14.6. The van der Waals surface area contributed by atoms with E-state index in [1.54, 1.807) is 0 Å². The molecule has 0 aliphatic carbocycles. The van der Waals surface area contributed by atoms with Crippen molar-refractivity contribution in [1.29, 1.82) is 0 Å². The molecule has 1 amide bonds. The molecular formula is C12H9F3NO3-. The van der Waals surface area contributed by atoms with Gasteiger partial charge in [-0.3, -0.25) is 4.79 Å². The second-order valence-corrected chi connectivity index (χ2v) is 3.61. The first-order valence-electron chi connectivity index (χ1n) is 5.08. The van der Waals surface area contributed by atoms with E-state index in [0.717, 1.165) is 19.1 Å². The molecule has 0 saturated heterocycles. The highest BCUT2D eigenvalue weighted by Gasteiger charge is 2.32. The summed E-state index contributed by atoms with van der Waals surface area (Å²) in [4.78, 5) is 21.5. The highest BCUT2D eigenvalue weighted by atomic mass is 19.4. The number of carbonyl (C=O) groups excluding carboxylic acids is 2. The number of hydrogen-bond donors (Lipinski definition) is 1. The molecule has 0 aliphatic heterocycles. The number of carboxylic acid groups (broad SMARTS) is 1. The molecule has 19 heavy (non-hydrogen) atoms. The molecule has 0 atom stereocenters. The minimum Gasteiger partial charge on any atom is -0.543 e. The number of hydrogen-bond acceptors (Lipinski definition) is 3. The second kappa shape index (κ2) is 5.55. The largest absolute Gasteiger partial charge is 0.543 e. The Morgan fingerprint density at radius 1 is 1.26 bits per heavy atom. The van der Waals surface area contributed by atoms with Gasteiger partial charge in [-0.1, -0.05) is 18.2 Å². The maximum Gasteiger partial charge on any atom is 0.416 e. The number of carbonyl (C=O) groups is 2. The Balaban J connectivity index is 3.29. The summed E-state index contributed by atoms with van der Waals surface area (Å²) in [6, 6.07) is 4.40. The van der Waals surface area contributed by atoms with E-state index in [2.05, 4.69) is 0 Å². The van der Waals surface area contributed by atoms with Gasteiger partial charge in [0.05, 0.1) is 17.2 Å². The second-order valence-electron chi connectivity index (χ2n) is 3.61. The van der Waals surface area contributed by atoms with E-state index in [9.17, 15) is 27.9 Å². The van der Waals surface area contributed by atoms with Gasteiger partial charge in [0.1, 0.15) is 0 Å². The van der Waals surface area contributed by atoms with Crippen molar-refractivity contribution >= 4 is 18.0 Å². The van der Waals surface area contributed by atoms with Crippen LogP contribution in [0.3, 0.4) is 0 Å². The van der Waals surface area contributed by atoms with Crippen LogP contribution < -0.4 is 10.4 Å². The Kier molecular flexibility index (Phi) is 4.31. The third-order valence-electron chi connectivity index (χ3n) is 2.10. The minimum absolute atomic E-state index is 0.372. The van der Waals surface area contributed by atoms with Crippen molar-refractivity contribution in [2.75, 3.05) is 0 Å². The van der Waals surface area contributed by atoms with E-state index in [-0.39, 0.29) is 5.56 Å². The molecule has 0 unspecified atom stereocenters. The van der Waals surface area contributed by atoms with Crippen LogP contribution in [0.25, 0.3) is 6.08 Å². The minimum atomic E-state index is -4.62. The van der Waals surface area contributed by atoms with Crippen molar-refractivity contribution in [2.24, 2.45) is 0 Å². The monoisotopic (exact) mass is 272 g/mol. The lowest BCUT2D eigenvalue weighted by Gasteiger charge is -2.13. The predicted molar refractivity (Wildman–Crippen MR) is 58.2 cm³/mol. The van der Waals surface area contributed by atoms with Gasteiger partial charge in [-0.2, -0.15) is 13.2 Å². The molecule has 0 heterocycles. The van der Waals surface area contributed by atoms with Gasteiger partial charge in [0.2, 0.25) is 5.91 Å². The number of benzene rings is 1. The summed E-state index contributed by atoms with van der Waals surface area (Å²) >= 11 is 0. The van der Waals surface area contributed by atoms with Crippen LogP contribution in [0.15, 0.2) is 30.0 Å². The Hall–Kier alpha value is -2.31. The van der Waals surface area contributed by atoms with Crippen LogP contribution in [0.1, 0.15) is 18.1 Å². The Bertz CT molecular complexity index is 535. The van der Waals surface area contributed by atoms with Crippen LogP contribution >= 0.6 is 0 Å². The summed E-state index contributed by atoms with van der Waals surface area (Å²) in [5.74, 6) is -2.49. The lowest BCUT2D eigenvalue weighted by atomic mass is 10.1. The predicted octanol–water partition coefficient (Wildman–Crippen LogP) is 0.932. The third-order valence-corrected chi connectivity index (χ3v) is 2.10. The van der Waals surface area contributed by atoms with Crippen LogP contribution in [0.4, 0.5) is 13.2 Å². The molecule has 0 radical (unpaired) electrons. The molecule has 0 fully saturated rings. The number of nitrogens with one attached hydrogen (secondary N) is 1. The van der Waals surface area contributed by atoms with Gasteiger partial charge in [-0.25, -0.2) is 0 Å². The van der Waals surface area contributed by atoms with Gasteiger partial charge in [0, 0.05) is 6.92 Å². The smallest absolute Gasteiger partial charge is 0.416 e. The zero-order valence-corrected chi connectivity index (χ0v) is 9.75. The van der Waals surface area contributed by atoms with Gasteiger partial charge in [0.25, 0.3) is 0 Å². The van der Waals surface area contributed by atoms with Crippen LogP contribution in [-0.2, 0) is 15.8 Å². The molecule has 0 saturated carbocycles. The molecule has 1 N–H and O–H groups in total. The lowest BCUT2D eigenvalue weighted by Crippen LogP contribution is -2.34. The summed E-state index contributed by atoms with van der Waals surface area (Å²) in [5.41, 5.74) is -2.11. The van der Waals surface area contributed by atoms with E-state index in [4.69, 9.17) is 0 Å². The van der Waals surface area contributed by atoms with E-state index < -0.39 is 29.3 Å². The SMILES string of the molecule is CC(=O)N/C(=C\c1ccccc1C(F)(F)F)C(=O)[O-]. The average molecular weight is 272 g/mol. The summed E-state index contributed by atoms with van der Waals surface area (Å²) in [6.45, 7) is 1.03. The van der Waals surface area contributed by atoms with Crippen molar-refractivity contribution in [3.05, 3.63) is 41.1 Å². The number of carboxylic acids is 1. The maximum absolute atomic E-state index is 12.7. The first-order chi connectivity index (χ1) is 8.71. The van der Waals surface area contributed by atoms with E-state index in [1.165, 1.54) is 12.1 Å².